The molecule has 4 aromatic carbocycles. The molecule has 8 nitrogen and oxygen atoms in total. The number of nitrogens with one attached hydrogen (secondary N) is 2. The number of nitrogens with zero attached hydrogens (tertiary/aromatic N) is 1. The summed E-state index contributed by atoms with van der Waals surface area (Å²) >= 11 is 0. The Balaban J connectivity index is 1.49. The minimum atomic E-state index is -0.644. The lowest BCUT2D eigenvalue weighted by Crippen LogP contribution is -2.22. The maximum Gasteiger partial charge on any atom is 0.412 e. The van der Waals surface area contributed by atoms with E-state index in [0.29, 0.717) is 40.9 Å². The van der Waals surface area contributed by atoms with E-state index in [9.17, 15) is 14.7 Å². The number of hydrogen-bond donors (Lipinski definition) is 4. The van der Waals surface area contributed by atoms with Gasteiger partial charge in [0.15, 0.2) is 0 Å². The number of para-hydroxylation sites is 2. The first-order chi connectivity index (χ1) is 19.4. The highest BCUT2D eigenvalue weighted by molar-refractivity contribution is 6.01. The molecule has 40 heavy (non-hydrogen) atoms. The number of nitrogens with two attached hydrogens (primary N) is 1. The highest BCUT2D eigenvalue weighted by Gasteiger charge is 2.26. The normalized spacial score (nSPS) is 12.4. The quantitative estimate of drug-likeness (QED) is 0.136. The van der Waals surface area contributed by atoms with Crippen molar-refractivity contribution in [1.82, 2.24) is 0 Å². The smallest absolute Gasteiger partial charge is 0.412 e. The second kappa shape index (κ2) is 13.0. The number of hydrogen-bond acceptors (Lipinski definition) is 6. The van der Waals surface area contributed by atoms with Gasteiger partial charge in [-0.3, -0.25) is 10.1 Å². The number of nitriles is 1. The van der Waals surface area contributed by atoms with E-state index in [1.54, 1.807) is 66.7 Å². The van der Waals surface area contributed by atoms with Gasteiger partial charge in [-0.05, 0) is 72.7 Å². The molecule has 0 unspecified atom stereocenters. The Labute approximate surface area is 232 Å². The van der Waals surface area contributed by atoms with E-state index in [2.05, 4.69) is 10.6 Å². The molecule has 0 heterocycles. The standard InChI is InChI=1S/C32H30N4O4/c1-21(8-2-7-13-30(38)36-28-12-6-5-11-27(28)34)31(26-18-19-29(37)25-10-4-3-9-24(25)26)40-32(39)35-23-16-14-22(20-33)15-17-23/h3-7,9-19,21,31,37H,2,8,34H2,1H3,(H,35,39)(H,36,38)/b13-7+/t21-,31-/m1/s1. The predicted octanol–water partition coefficient (Wildman–Crippen LogP) is 6.90. The van der Waals surface area contributed by atoms with Crippen molar-refractivity contribution in [2.75, 3.05) is 16.4 Å². The fourth-order valence-electron chi connectivity index (χ4n) is 4.42. The summed E-state index contributed by atoms with van der Waals surface area (Å²) in [5.74, 6) is -0.289. The third-order valence-electron chi connectivity index (χ3n) is 6.53. The Morgan fingerprint density at radius 2 is 1.68 bits per heavy atom. The summed E-state index contributed by atoms with van der Waals surface area (Å²) < 4.78 is 5.96. The molecular weight excluding hydrogens is 504 g/mol. The number of carbonyl (C=O) groups is 2. The summed E-state index contributed by atoms with van der Waals surface area (Å²) in [5, 5.41) is 26.3. The van der Waals surface area contributed by atoms with Crippen LogP contribution in [0.3, 0.4) is 0 Å². The van der Waals surface area contributed by atoms with Crippen LogP contribution in [0.1, 0.15) is 37.0 Å². The Bertz CT molecular complexity index is 1570. The van der Waals surface area contributed by atoms with Crippen LogP contribution >= 0.6 is 0 Å². The van der Waals surface area contributed by atoms with Crippen LogP contribution in [0.4, 0.5) is 21.9 Å². The zero-order valence-electron chi connectivity index (χ0n) is 22.0. The van der Waals surface area contributed by atoms with Crippen LogP contribution in [0, 0.1) is 17.2 Å². The van der Waals surface area contributed by atoms with Gasteiger partial charge in [-0.25, -0.2) is 4.79 Å². The number of phenolic OH excluding ortho intramolecular Hbond substituents is 1. The first-order valence-corrected chi connectivity index (χ1v) is 12.9. The Morgan fingerprint density at radius 3 is 2.40 bits per heavy atom. The maximum absolute atomic E-state index is 13.0. The average Bonchev–Trinajstić information content (AvgIpc) is 2.96. The molecule has 0 saturated heterocycles. The number of amides is 2. The molecule has 5 N–H and O–H groups in total. The van der Waals surface area contributed by atoms with Crippen molar-refractivity contribution < 1.29 is 19.4 Å². The monoisotopic (exact) mass is 534 g/mol. The zero-order valence-corrected chi connectivity index (χ0v) is 22.0. The first kappa shape index (κ1) is 27.7. The highest BCUT2D eigenvalue weighted by atomic mass is 16.6. The molecular formula is C32H30N4O4. The topological polar surface area (TPSA) is 137 Å². The maximum atomic E-state index is 13.0. The van der Waals surface area contributed by atoms with Gasteiger partial charge in [0.25, 0.3) is 0 Å². The Kier molecular flexibility index (Phi) is 9.00. The van der Waals surface area contributed by atoms with Crippen molar-refractivity contribution in [1.29, 1.82) is 5.26 Å². The molecule has 0 spiro atoms. The van der Waals surface area contributed by atoms with Gasteiger partial charge in [0.2, 0.25) is 5.91 Å². The van der Waals surface area contributed by atoms with Crippen LogP contribution < -0.4 is 16.4 Å². The number of rotatable bonds is 9. The van der Waals surface area contributed by atoms with Crippen molar-refractivity contribution >= 4 is 39.8 Å². The van der Waals surface area contributed by atoms with Gasteiger partial charge >= 0.3 is 6.09 Å². The number of carbonyl (C=O) groups excluding carboxylic acids is 2. The molecule has 0 bridgehead atoms. The Morgan fingerprint density at radius 1 is 0.975 bits per heavy atom. The van der Waals surface area contributed by atoms with Crippen molar-refractivity contribution in [3.05, 3.63) is 108 Å². The summed E-state index contributed by atoms with van der Waals surface area (Å²) in [6.07, 6.45) is 3.12. The minimum Gasteiger partial charge on any atom is -0.507 e. The van der Waals surface area contributed by atoms with Crippen molar-refractivity contribution in [3.63, 3.8) is 0 Å². The minimum absolute atomic E-state index is 0.140. The van der Waals surface area contributed by atoms with Crippen molar-refractivity contribution in [3.8, 4) is 11.8 Å². The lowest BCUT2D eigenvalue weighted by atomic mass is 9.89. The molecule has 202 valence electrons. The number of nitrogen functional groups attached to an aromatic ring is 1. The number of phenols is 1. The van der Waals surface area contributed by atoms with Crippen LogP contribution in [-0.4, -0.2) is 17.1 Å². The van der Waals surface area contributed by atoms with E-state index in [1.807, 2.05) is 37.3 Å². The van der Waals surface area contributed by atoms with Crippen LogP contribution in [0.2, 0.25) is 0 Å². The number of ether oxygens (including phenoxy) is 1. The van der Waals surface area contributed by atoms with Crippen molar-refractivity contribution in [2.45, 2.75) is 25.9 Å². The Hall–Kier alpha value is -5.29. The molecule has 4 aromatic rings. The fraction of sp³-hybridized carbons (Fsp3) is 0.156. The fourth-order valence-corrected chi connectivity index (χ4v) is 4.42. The van der Waals surface area contributed by atoms with E-state index < -0.39 is 12.2 Å². The van der Waals surface area contributed by atoms with Gasteiger partial charge in [0, 0.05) is 16.6 Å². The molecule has 4 rings (SSSR count). The molecule has 8 heteroatoms. The van der Waals surface area contributed by atoms with Crippen LogP contribution in [0.5, 0.6) is 5.75 Å². The van der Waals surface area contributed by atoms with Gasteiger partial charge in [-0.1, -0.05) is 55.5 Å². The summed E-state index contributed by atoms with van der Waals surface area (Å²) in [6, 6.07) is 26.3. The third-order valence-corrected chi connectivity index (χ3v) is 6.53. The summed E-state index contributed by atoms with van der Waals surface area (Å²) in [5.41, 5.74) is 8.66. The third kappa shape index (κ3) is 6.97. The molecule has 0 saturated carbocycles. The largest absolute Gasteiger partial charge is 0.507 e. The highest BCUT2D eigenvalue weighted by Crippen LogP contribution is 2.37. The predicted molar refractivity (Wildman–Crippen MR) is 157 cm³/mol. The SMILES string of the molecule is C[C@H](CC/C=C/C(=O)Nc1ccccc1N)[C@@H](OC(=O)Nc1ccc(C#N)cc1)c1ccc(O)c2ccccc12. The van der Waals surface area contributed by atoms with E-state index in [1.165, 1.54) is 6.08 Å². The number of aromatic hydroxyl groups is 1. The first-order valence-electron chi connectivity index (χ1n) is 12.9. The van der Waals surface area contributed by atoms with Crippen molar-refractivity contribution in [2.24, 2.45) is 5.92 Å². The van der Waals surface area contributed by atoms with Gasteiger partial charge in [0.1, 0.15) is 11.9 Å². The number of benzene rings is 4. The molecule has 2 amide bonds. The van der Waals surface area contributed by atoms with Gasteiger partial charge in [-0.15, -0.1) is 0 Å². The molecule has 0 aliphatic carbocycles. The lowest BCUT2D eigenvalue weighted by molar-refractivity contribution is -0.111. The average molecular weight is 535 g/mol. The molecule has 0 aromatic heterocycles. The lowest BCUT2D eigenvalue weighted by Gasteiger charge is -2.26. The molecule has 0 aliphatic rings. The van der Waals surface area contributed by atoms with Crippen LogP contribution in [0.25, 0.3) is 10.8 Å². The summed E-state index contributed by atoms with van der Waals surface area (Å²) in [7, 11) is 0. The van der Waals surface area contributed by atoms with E-state index >= 15 is 0 Å². The van der Waals surface area contributed by atoms with E-state index in [4.69, 9.17) is 15.7 Å². The number of anilines is 3. The van der Waals surface area contributed by atoms with Crippen LogP contribution in [0.15, 0.2) is 97.1 Å². The molecule has 0 aliphatic heterocycles. The number of allylic oxidation sites excluding steroid dienone is 1. The molecule has 2 atom stereocenters. The summed E-state index contributed by atoms with van der Waals surface area (Å²) in [4.78, 5) is 25.3. The van der Waals surface area contributed by atoms with Gasteiger partial charge in [-0.2, -0.15) is 5.26 Å². The summed E-state index contributed by atoms with van der Waals surface area (Å²) in [6.45, 7) is 1.97. The van der Waals surface area contributed by atoms with Gasteiger partial charge in [0.05, 0.1) is 23.0 Å². The molecule has 0 radical (unpaired) electrons. The molecule has 0 fully saturated rings. The van der Waals surface area contributed by atoms with E-state index in [0.717, 1.165) is 10.9 Å². The number of fused-ring (bicyclic) bond motifs is 1. The zero-order chi connectivity index (χ0) is 28.5. The second-order valence-corrected chi connectivity index (χ2v) is 9.39. The van der Waals surface area contributed by atoms with Gasteiger partial charge < -0.3 is 20.9 Å². The van der Waals surface area contributed by atoms with E-state index in [-0.39, 0.29) is 17.6 Å². The van der Waals surface area contributed by atoms with Crippen LogP contribution in [-0.2, 0) is 9.53 Å². The second-order valence-electron chi connectivity index (χ2n) is 9.39.